The number of carbonyl (C=O) groups excluding carboxylic acids is 1. The summed E-state index contributed by atoms with van der Waals surface area (Å²) in [4.78, 5) is 12.4. The van der Waals surface area contributed by atoms with E-state index in [-0.39, 0.29) is 18.3 Å². The number of benzene rings is 2. The van der Waals surface area contributed by atoms with Crippen molar-refractivity contribution in [2.24, 2.45) is 0 Å². The molecule has 0 atom stereocenters. The lowest BCUT2D eigenvalue weighted by molar-refractivity contribution is 0.102. The molecule has 2 aromatic carbocycles. The molecule has 0 saturated carbocycles. The van der Waals surface area contributed by atoms with Crippen LogP contribution in [0.1, 0.15) is 34.0 Å². The Hall–Kier alpha value is -1.84. The van der Waals surface area contributed by atoms with Crippen molar-refractivity contribution in [3.63, 3.8) is 0 Å². The lowest BCUT2D eigenvalue weighted by Crippen LogP contribution is -2.23. The van der Waals surface area contributed by atoms with Crippen LogP contribution in [0.2, 0.25) is 0 Å². The third-order valence-corrected chi connectivity index (χ3v) is 3.99. The van der Waals surface area contributed by atoms with Crippen LogP contribution in [-0.2, 0) is 19.4 Å². The van der Waals surface area contributed by atoms with E-state index in [1.807, 2.05) is 30.3 Å². The number of amides is 1. The van der Waals surface area contributed by atoms with Crippen molar-refractivity contribution >= 4 is 24.0 Å². The van der Waals surface area contributed by atoms with Crippen LogP contribution in [0.15, 0.2) is 42.5 Å². The fourth-order valence-corrected chi connectivity index (χ4v) is 2.81. The standard InChI is InChI=1S/C18H20N2O.ClH/c1-2-13-5-3-4-6-17(13)18(21)20-16-8-7-14-9-10-19-12-15(14)11-16;/h3-8,11,19H,2,9-10,12H2,1H3,(H,20,21);1H. The van der Waals surface area contributed by atoms with Crippen molar-refractivity contribution in [3.05, 3.63) is 64.7 Å². The third-order valence-electron chi connectivity index (χ3n) is 3.99. The van der Waals surface area contributed by atoms with Gasteiger partial charge in [-0.05, 0) is 54.3 Å². The highest BCUT2D eigenvalue weighted by atomic mass is 35.5. The van der Waals surface area contributed by atoms with Gasteiger partial charge in [-0.15, -0.1) is 12.4 Å². The second-order valence-corrected chi connectivity index (χ2v) is 5.38. The van der Waals surface area contributed by atoms with Gasteiger partial charge in [-0.25, -0.2) is 0 Å². The van der Waals surface area contributed by atoms with E-state index in [2.05, 4.69) is 29.7 Å². The minimum Gasteiger partial charge on any atom is -0.322 e. The van der Waals surface area contributed by atoms with Crippen molar-refractivity contribution in [1.29, 1.82) is 0 Å². The Morgan fingerprint density at radius 1 is 1.18 bits per heavy atom. The van der Waals surface area contributed by atoms with E-state index < -0.39 is 0 Å². The number of halogens is 1. The van der Waals surface area contributed by atoms with Gasteiger partial charge in [0.05, 0.1) is 0 Å². The van der Waals surface area contributed by atoms with Crippen LogP contribution in [0.3, 0.4) is 0 Å². The number of anilines is 1. The summed E-state index contributed by atoms with van der Waals surface area (Å²) in [5.74, 6) is -0.0313. The molecule has 0 aliphatic carbocycles. The van der Waals surface area contributed by atoms with Gasteiger partial charge in [-0.3, -0.25) is 4.79 Å². The summed E-state index contributed by atoms with van der Waals surface area (Å²) >= 11 is 0. The number of carbonyl (C=O) groups is 1. The molecule has 0 fully saturated rings. The highest BCUT2D eigenvalue weighted by Gasteiger charge is 2.12. The predicted molar refractivity (Wildman–Crippen MR) is 92.9 cm³/mol. The van der Waals surface area contributed by atoms with Crippen LogP contribution in [0, 0.1) is 0 Å². The number of hydrogen-bond donors (Lipinski definition) is 2. The first-order valence-electron chi connectivity index (χ1n) is 7.49. The first kappa shape index (κ1) is 16.5. The monoisotopic (exact) mass is 316 g/mol. The molecule has 22 heavy (non-hydrogen) atoms. The molecule has 0 aromatic heterocycles. The van der Waals surface area contributed by atoms with Crippen molar-refractivity contribution in [3.8, 4) is 0 Å². The van der Waals surface area contributed by atoms with E-state index in [1.54, 1.807) is 0 Å². The van der Waals surface area contributed by atoms with Crippen LogP contribution < -0.4 is 10.6 Å². The average Bonchev–Trinajstić information content (AvgIpc) is 2.54. The Morgan fingerprint density at radius 3 is 2.82 bits per heavy atom. The van der Waals surface area contributed by atoms with Crippen LogP contribution in [0.25, 0.3) is 0 Å². The fourth-order valence-electron chi connectivity index (χ4n) is 2.81. The molecule has 3 rings (SSSR count). The molecular formula is C18H21ClN2O. The maximum Gasteiger partial charge on any atom is 0.255 e. The van der Waals surface area contributed by atoms with Gasteiger partial charge in [0.2, 0.25) is 0 Å². The zero-order valence-corrected chi connectivity index (χ0v) is 13.5. The normalized spacial score (nSPS) is 13.0. The van der Waals surface area contributed by atoms with Gasteiger partial charge < -0.3 is 10.6 Å². The topological polar surface area (TPSA) is 41.1 Å². The van der Waals surface area contributed by atoms with Gasteiger partial charge in [0.25, 0.3) is 5.91 Å². The highest BCUT2D eigenvalue weighted by molar-refractivity contribution is 6.05. The number of rotatable bonds is 3. The van der Waals surface area contributed by atoms with Crippen molar-refractivity contribution in [2.45, 2.75) is 26.3 Å². The first-order valence-corrected chi connectivity index (χ1v) is 7.49. The molecule has 1 amide bonds. The summed E-state index contributed by atoms with van der Waals surface area (Å²) in [6.07, 6.45) is 1.92. The molecule has 0 spiro atoms. The zero-order valence-electron chi connectivity index (χ0n) is 12.7. The summed E-state index contributed by atoms with van der Waals surface area (Å²) in [6, 6.07) is 14.0. The predicted octanol–water partition coefficient (Wildman–Crippen LogP) is 3.57. The molecular weight excluding hydrogens is 296 g/mol. The van der Waals surface area contributed by atoms with E-state index in [1.165, 1.54) is 11.1 Å². The van der Waals surface area contributed by atoms with Gasteiger partial charge in [0.15, 0.2) is 0 Å². The Bertz CT molecular complexity index is 670. The smallest absolute Gasteiger partial charge is 0.255 e. The Kier molecular flexibility index (Phi) is 5.58. The summed E-state index contributed by atoms with van der Waals surface area (Å²) in [7, 11) is 0. The summed E-state index contributed by atoms with van der Waals surface area (Å²) in [6.45, 7) is 3.98. The molecule has 0 bridgehead atoms. The molecule has 4 heteroatoms. The maximum atomic E-state index is 12.4. The molecule has 116 valence electrons. The Labute approximate surface area is 137 Å². The number of fused-ring (bicyclic) bond motifs is 1. The lowest BCUT2D eigenvalue weighted by atomic mass is 10.00. The SMILES string of the molecule is CCc1ccccc1C(=O)Nc1ccc2c(c1)CNCC2.Cl. The molecule has 2 aromatic rings. The Morgan fingerprint density at radius 2 is 2.00 bits per heavy atom. The number of aryl methyl sites for hydroxylation is 1. The third kappa shape index (κ3) is 3.49. The van der Waals surface area contributed by atoms with E-state index in [4.69, 9.17) is 0 Å². The molecule has 0 unspecified atom stereocenters. The fraction of sp³-hybridized carbons (Fsp3) is 0.278. The van der Waals surface area contributed by atoms with E-state index in [0.717, 1.165) is 42.7 Å². The minimum atomic E-state index is -0.0313. The summed E-state index contributed by atoms with van der Waals surface area (Å²) in [5.41, 5.74) is 5.36. The van der Waals surface area contributed by atoms with Crippen LogP contribution in [-0.4, -0.2) is 12.5 Å². The number of nitrogens with one attached hydrogen (secondary N) is 2. The minimum absolute atomic E-state index is 0. The highest BCUT2D eigenvalue weighted by Crippen LogP contribution is 2.20. The molecule has 0 saturated heterocycles. The zero-order chi connectivity index (χ0) is 14.7. The van der Waals surface area contributed by atoms with Gasteiger partial charge in [-0.2, -0.15) is 0 Å². The summed E-state index contributed by atoms with van der Waals surface area (Å²) < 4.78 is 0. The second-order valence-electron chi connectivity index (χ2n) is 5.38. The average molecular weight is 317 g/mol. The summed E-state index contributed by atoms with van der Waals surface area (Å²) in [5, 5.41) is 6.38. The van der Waals surface area contributed by atoms with Gasteiger partial charge in [0, 0.05) is 17.8 Å². The van der Waals surface area contributed by atoms with Crippen LogP contribution in [0.4, 0.5) is 5.69 Å². The first-order chi connectivity index (χ1) is 10.3. The van der Waals surface area contributed by atoms with Crippen molar-refractivity contribution < 1.29 is 4.79 Å². The molecule has 1 aliphatic heterocycles. The van der Waals surface area contributed by atoms with Crippen molar-refractivity contribution in [2.75, 3.05) is 11.9 Å². The van der Waals surface area contributed by atoms with Crippen molar-refractivity contribution in [1.82, 2.24) is 5.32 Å². The largest absolute Gasteiger partial charge is 0.322 e. The van der Waals surface area contributed by atoms with E-state index >= 15 is 0 Å². The van der Waals surface area contributed by atoms with Gasteiger partial charge >= 0.3 is 0 Å². The second kappa shape index (κ2) is 7.43. The van der Waals surface area contributed by atoms with E-state index in [0.29, 0.717) is 0 Å². The quantitative estimate of drug-likeness (QED) is 0.909. The van der Waals surface area contributed by atoms with Gasteiger partial charge in [0.1, 0.15) is 0 Å². The maximum absolute atomic E-state index is 12.4. The molecule has 0 radical (unpaired) electrons. The Balaban J connectivity index is 0.00000176. The number of hydrogen-bond acceptors (Lipinski definition) is 2. The van der Waals surface area contributed by atoms with Crippen LogP contribution >= 0.6 is 12.4 Å². The van der Waals surface area contributed by atoms with E-state index in [9.17, 15) is 4.79 Å². The molecule has 1 aliphatic rings. The van der Waals surface area contributed by atoms with Gasteiger partial charge in [-0.1, -0.05) is 31.2 Å². The molecule has 3 nitrogen and oxygen atoms in total. The van der Waals surface area contributed by atoms with Crippen LogP contribution in [0.5, 0.6) is 0 Å². The molecule has 2 N–H and O–H groups in total. The lowest BCUT2D eigenvalue weighted by Gasteiger charge is -2.18. The molecule has 1 heterocycles.